The van der Waals surface area contributed by atoms with Crippen molar-refractivity contribution >= 4 is 23.2 Å². The third-order valence-electron chi connectivity index (χ3n) is 3.18. The van der Waals surface area contributed by atoms with E-state index in [0.29, 0.717) is 16.8 Å². The van der Waals surface area contributed by atoms with Crippen molar-refractivity contribution in [3.8, 4) is 0 Å². The van der Waals surface area contributed by atoms with Crippen LogP contribution in [0.5, 0.6) is 0 Å². The largest absolute Gasteiger partial charge is 0.322 e. The molecule has 1 aromatic carbocycles. The maximum atomic E-state index is 13.5. The Kier molecular flexibility index (Phi) is 4.58. The molecule has 0 radical (unpaired) electrons. The highest BCUT2D eigenvalue weighted by molar-refractivity contribution is 6.29. The van der Waals surface area contributed by atoms with Gasteiger partial charge in [0.2, 0.25) is 0 Å². The van der Waals surface area contributed by atoms with Crippen molar-refractivity contribution in [3.63, 3.8) is 0 Å². The summed E-state index contributed by atoms with van der Waals surface area (Å²) < 4.78 is 13.5. The van der Waals surface area contributed by atoms with Crippen LogP contribution in [0.15, 0.2) is 30.3 Å². The molecule has 5 heteroatoms. The normalized spacial score (nSPS) is 10.8. The van der Waals surface area contributed by atoms with E-state index in [2.05, 4.69) is 10.3 Å². The van der Waals surface area contributed by atoms with Gasteiger partial charge in [-0.15, -0.1) is 0 Å². The number of rotatable bonds is 3. The Morgan fingerprint density at radius 3 is 2.71 bits per heavy atom. The average molecular weight is 307 g/mol. The van der Waals surface area contributed by atoms with E-state index in [0.717, 1.165) is 5.69 Å². The highest BCUT2D eigenvalue weighted by Crippen LogP contribution is 2.21. The number of amides is 1. The number of nitrogens with one attached hydrogen (secondary N) is 1. The Labute approximate surface area is 128 Å². The van der Waals surface area contributed by atoms with Gasteiger partial charge in [0.1, 0.15) is 11.0 Å². The minimum absolute atomic E-state index is 0.158. The Bertz CT molecular complexity index is 686. The summed E-state index contributed by atoms with van der Waals surface area (Å²) in [4.78, 5) is 16.5. The molecule has 21 heavy (non-hydrogen) atoms. The zero-order chi connectivity index (χ0) is 15.6. The van der Waals surface area contributed by atoms with Crippen molar-refractivity contribution in [2.45, 2.75) is 26.7 Å². The summed E-state index contributed by atoms with van der Waals surface area (Å²) in [6.45, 7) is 5.55. The molecule has 0 unspecified atom stereocenters. The number of hydrogen-bond acceptors (Lipinski definition) is 2. The van der Waals surface area contributed by atoms with Crippen molar-refractivity contribution in [3.05, 3.63) is 58.1 Å². The van der Waals surface area contributed by atoms with E-state index >= 15 is 0 Å². The van der Waals surface area contributed by atoms with Crippen LogP contribution in [0.25, 0.3) is 0 Å². The minimum atomic E-state index is -0.358. The first-order valence-electron chi connectivity index (χ1n) is 6.62. The molecule has 0 spiro atoms. The number of benzene rings is 1. The quantitative estimate of drug-likeness (QED) is 0.845. The van der Waals surface area contributed by atoms with Crippen LogP contribution in [-0.2, 0) is 0 Å². The molecular formula is C16H16ClFN2O. The fourth-order valence-electron chi connectivity index (χ4n) is 1.88. The maximum absolute atomic E-state index is 13.5. The van der Waals surface area contributed by atoms with Gasteiger partial charge in [0.15, 0.2) is 0 Å². The van der Waals surface area contributed by atoms with Crippen molar-refractivity contribution in [1.82, 2.24) is 4.98 Å². The summed E-state index contributed by atoms with van der Waals surface area (Å²) in [6, 6.07) is 7.75. The van der Waals surface area contributed by atoms with Gasteiger partial charge in [-0.05, 0) is 37.1 Å². The molecule has 0 atom stereocenters. The monoisotopic (exact) mass is 306 g/mol. The molecule has 0 fully saturated rings. The molecule has 2 aromatic rings. The van der Waals surface area contributed by atoms with Crippen LogP contribution in [0.4, 0.5) is 10.1 Å². The van der Waals surface area contributed by atoms with E-state index in [1.807, 2.05) is 13.8 Å². The second-order valence-electron chi connectivity index (χ2n) is 5.12. The summed E-state index contributed by atoms with van der Waals surface area (Å²) in [5, 5.41) is 2.96. The standard InChI is InChI=1S/C16H16ClFN2O/c1-9(2)14-7-11(8-15(17)19-14)16(21)20-13-6-4-5-12(18)10(13)3/h4-9H,1-3H3,(H,20,21). The van der Waals surface area contributed by atoms with Gasteiger partial charge in [-0.3, -0.25) is 4.79 Å². The fourth-order valence-corrected chi connectivity index (χ4v) is 2.10. The van der Waals surface area contributed by atoms with E-state index in [9.17, 15) is 9.18 Å². The van der Waals surface area contributed by atoms with Crippen molar-refractivity contribution in [2.24, 2.45) is 0 Å². The van der Waals surface area contributed by atoms with E-state index in [-0.39, 0.29) is 22.8 Å². The first-order valence-corrected chi connectivity index (χ1v) is 7.00. The molecule has 3 nitrogen and oxygen atoms in total. The van der Waals surface area contributed by atoms with Gasteiger partial charge in [0.05, 0.1) is 0 Å². The minimum Gasteiger partial charge on any atom is -0.322 e. The van der Waals surface area contributed by atoms with Gasteiger partial charge >= 0.3 is 0 Å². The van der Waals surface area contributed by atoms with Gasteiger partial charge in [0.25, 0.3) is 5.91 Å². The number of carbonyl (C=O) groups excluding carboxylic acids is 1. The highest BCUT2D eigenvalue weighted by Gasteiger charge is 2.13. The third kappa shape index (κ3) is 3.58. The summed E-state index contributed by atoms with van der Waals surface area (Å²) >= 11 is 5.95. The molecule has 110 valence electrons. The van der Waals surface area contributed by atoms with E-state index in [1.165, 1.54) is 12.1 Å². The SMILES string of the molecule is Cc1c(F)cccc1NC(=O)c1cc(Cl)nc(C(C)C)c1. The Balaban J connectivity index is 2.30. The molecule has 0 aliphatic rings. The molecule has 1 heterocycles. The van der Waals surface area contributed by atoms with E-state index in [4.69, 9.17) is 11.6 Å². The number of carbonyl (C=O) groups is 1. The maximum Gasteiger partial charge on any atom is 0.255 e. The van der Waals surface area contributed by atoms with Crippen LogP contribution in [0, 0.1) is 12.7 Å². The van der Waals surface area contributed by atoms with Gasteiger partial charge in [-0.2, -0.15) is 0 Å². The molecule has 1 aromatic heterocycles. The zero-order valence-corrected chi connectivity index (χ0v) is 12.8. The summed E-state index contributed by atoms with van der Waals surface area (Å²) in [7, 11) is 0. The fraction of sp³-hybridized carbons (Fsp3) is 0.250. The van der Waals surface area contributed by atoms with E-state index < -0.39 is 0 Å². The van der Waals surface area contributed by atoms with Crippen molar-refractivity contribution < 1.29 is 9.18 Å². The molecule has 0 saturated heterocycles. The Morgan fingerprint density at radius 2 is 2.05 bits per heavy atom. The third-order valence-corrected chi connectivity index (χ3v) is 3.38. The first-order chi connectivity index (χ1) is 9.88. The zero-order valence-electron chi connectivity index (χ0n) is 12.1. The second kappa shape index (κ2) is 6.22. The molecule has 0 aliphatic heterocycles. The first kappa shape index (κ1) is 15.4. The Hall–Kier alpha value is -1.94. The molecule has 1 N–H and O–H groups in total. The van der Waals surface area contributed by atoms with Gasteiger partial charge in [-0.1, -0.05) is 31.5 Å². The Morgan fingerprint density at radius 1 is 1.33 bits per heavy atom. The number of aromatic nitrogens is 1. The lowest BCUT2D eigenvalue weighted by Crippen LogP contribution is -2.14. The average Bonchev–Trinajstić information content (AvgIpc) is 2.43. The van der Waals surface area contributed by atoms with Gasteiger partial charge in [-0.25, -0.2) is 9.37 Å². The molecule has 1 amide bonds. The topological polar surface area (TPSA) is 42.0 Å². The van der Waals surface area contributed by atoms with Crippen LogP contribution in [0.2, 0.25) is 5.15 Å². The van der Waals surface area contributed by atoms with Crippen LogP contribution in [0.3, 0.4) is 0 Å². The van der Waals surface area contributed by atoms with Crippen LogP contribution >= 0.6 is 11.6 Å². The summed E-state index contributed by atoms with van der Waals surface area (Å²) in [5.41, 5.74) is 1.99. The molecule has 0 aliphatic carbocycles. The lowest BCUT2D eigenvalue weighted by molar-refractivity contribution is 0.102. The molecule has 0 bridgehead atoms. The summed E-state index contributed by atoms with van der Waals surface area (Å²) in [5.74, 6) is -0.538. The molecule has 2 rings (SSSR count). The lowest BCUT2D eigenvalue weighted by atomic mass is 10.1. The lowest BCUT2D eigenvalue weighted by Gasteiger charge is -2.11. The number of nitrogens with zero attached hydrogens (tertiary/aromatic N) is 1. The number of hydrogen-bond donors (Lipinski definition) is 1. The predicted octanol–water partition coefficient (Wildman–Crippen LogP) is 4.56. The second-order valence-corrected chi connectivity index (χ2v) is 5.51. The van der Waals surface area contributed by atoms with Crippen LogP contribution < -0.4 is 5.32 Å². The molecule has 0 saturated carbocycles. The smallest absolute Gasteiger partial charge is 0.255 e. The molecular weight excluding hydrogens is 291 g/mol. The van der Waals surface area contributed by atoms with E-state index in [1.54, 1.807) is 25.1 Å². The van der Waals surface area contributed by atoms with Gasteiger partial charge < -0.3 is 5.32 Å². The van der Waals surface area contributed by atoms with Crippen molar-refractivity contribution in [1.29, 1.82) is 0 Å². The number of halogens is 2. The predicted molar refractivity (Wildman–Crippen MR) is 82.4 cm³/mol. The van der Waals surface area contributed by atoms with Crippen molar-refractivity contribution in [2.75, 3.05) is 5.32 Å². The number of pyridine rings is 1. The highest BCUT2D eigenvalue weighted by atomic mass is 35.5. The van der Waals surface area contributed by atoms with Crippen LogP contribution in [0.1, 0.15) is 41.4 Å². The summed E-state index contributed by atoms with van der Waals surface area (Å²) in [6.07, 6.45) is 0. The number of anilines is 1. The van der Waals surface area contributed by atoms with Gasteiger partial charge in [0, 0.05) is 22.5 Å². The van der Waals surface area contributed by atoms with Crippen LogP contribution in [-0.4, -0.2) is 10.9 Å².